The van der Waals surface area contributed by atoms with E-state index in [2.05, 4.69) is 26.1 Å². The van der Waals surface area contributed by atoms with E-state index < -0.39 is 5.82 Å². The molecule has 0 saturated heterocycles. The minimum absolute atomic E-state index is 0.134. The minimum Gasteiger partial charge on any atom is -0.242 e. The van der Waals surface area contributed by atoms with Crippen LogP contribution in [-0.2, 0) is 13.0 Å². The summed E-state index contributed by atoms with van der Waals surface area (Å²) in [5.41, 5.74) is 1.79. The Kier molecular flexibility index (Phi) is 4.53. The minimum atomic E-state index is -0.515. The van der Waals surface area contributed by atoms with Crippen LogP contribution in [0.4, 0.5) is 8.78 Å². The third kappa shape index (κ3) is 3.38. The maximum Gasteiger partial charge on any atom is 0.182 e. The van der Waals surface area contributed by atoms with Gasteiger partial charge >= 0.3 is 0 Å². The predicted molar refractivity (Wildman–Crippen MR) is 97.2 cm³/mol. The molecule has 27 heavy (non-hydrogen) atoms. The smallest absolute Gasteiger partial charge is 0.182 e. The molecule has 8 heteroatoms. The highest BCUT2D eigenvalue weighted by molar-refractivity contribution is 6.29. The van der Waals surface area contributed by atoms with Gasteiger partial charge in [-0.3, -0.25) is 0 Å². The standard InChI is InChI=1S/C19H13ClF2N5/c1-2-13-8-16(20)25-18(24-13)17-14-7-12(21)9-23-19(14)27(26-17)10-11-5-3-4-6-15(11)22/h3-7,9H,2,10H2,1H3. The van der Waals surface area contributed by atoms with Crippen molar-refractivity contribution in [2.45, 2.75) is 19.9 Å². The number of hydrogen-bond acceptors (Lipinski definition) is 4. The van der Waals surface area contributed by atoms with Crippen LogP contribution in [0.1, 0.15) is 18.2 Å². The quantitative estimate of drug-likeness (QED) is 0.494. The molecule has 135 valence electrons. The first-order valence-corrected chi connectivity index (χ1v) is 8.64. The molecule has 0 fully saturated rings. The van der Waals surface area contributed by atoms with E-state index in [1.807, 2.05) is 6.92 Å². The van der Waals surface area contributed by atoms with Gasteiger partial charge in [0.15, 0.2) is 11.5 Å². The number of aryl methyl sites for hydroxylation is 1. The van der Waals surface area contributed by atoms with Crippen molar-refractivity contribution >= 4 is 22.6 Å². The van der Waals surface area contributed by atoms with Crippen LogP contribution in [0, 0.1) is 17.7 Å². The Morgan fingerprint density at radius 1 is 1.19 bits per heavy atom. The first kappa shape index (κ1) is 17.5. The van der Waals surface area contributed by atoms with Crippen molar-refractivity contribution in [1.82, 2.24) is 24.7 Å². The van der Waals surface area contributed by atoms with Crippen molar-refractivity contribution < 1.29 is 8.78 Å². The lowest BCUT2D eigenvalue weighted by molar-refractivity contribution is 0.588. The van der Waals surface area contributed by atoms with Crippen LogP contribution < -0.4 is 0 Å². The first-order valence-electron chi connectivity index (χ1n) is 8.26. The van der Waals surface area contributed by atoms with E-state index in [0.29, 0.717) is 34.4 Å². The van der Waals surface area contributed by atoms with Crippen molar-refractivity contribution in [3.8, 4) is 11.5 Å². The van der Waals surface area contributed by atoms with Crippen LogP contribution in [0.25, 0.3) is 22.6 Å². The highest BCUT2D eigenvalue weighted by Gasteiger charge is 2.18. The van der Waals surface area contributed by atoms with Gasteiger partial charge in [-0.25, -0.2) is 28.4 Å². The molecule has 0 aliphatic carbocycles. The predicted octanol–water partition coefficient (Wildman–Crippen LogP) is 4.23. The molecule has 3 heterocycles. The summed E-state index contributed by atoms with van der Waals surface area (Å²) in [7, 11) is 0. The molecule has 5 nitrogen and oxygen atoms in total. The number of rotatable bonds is 4. The van der Waals surface area contributed by atoms with Gasteiger partial charge in [0.05, 0.1) is 23.8 Å². The van der Waals surface area contributed by atoms with Gasteiger partial charge in [-0.15, -0.1) is 0 Å². The topological polar surface area (TPSA) is 56.5 Å². The Morgan fingerprint density at radius 3 is 2.78 bits per heavy atom. The average Bonchev–Trinajstić information content (AvgIpc) is 3.00. The van der Waals surface area contributed by atoms with Crippen LogP contribution in [-0.4, -0.2) is 24.7 Å². The molecular formula is C19H13ClF2N5. The van der Waals surface area contributed by atoms with Crippen LogP contribution in [0.5, 0.6) is 0 Å². The van der Waals surface area contributed by atoms with Gasteiger partial charge in [-0.2, -0.15) is 5.10 Å². The largest absolute Gasteiger partial charge is 0.242 e. The Morgan fingerprint density at radius 2 is 2.00 bits per heavy atom. The van der Waals surface area contributed by atoms with Crippen molar-refractivity contribution in [3.05, 3.63) is 70.6 Å². The van der Waals surface area contributed by atoms with Crippen molar-refractivity contribution in [1.29, 1.82) is 0 Å². The lowest BCUT2D eigenvalue weighted by atomic mass is 10.2. The van der Waals surface area contributed by atoms with Crippen LogP contribution in [0.2, 0.25) is 5.15 Å². The summed E-state index contributed by atoms with van der Waals surface area (Å²) in [5, 5.41) is 5.05. The number of hydrogen-bond donors (Lipinski definition) is 0. The molecule has 0 aliphatic rings. The summed E-state index contributed by atoms with van der Waals surface area (Å²) in [4.78, 5) is 12.7. The lowest BCUT2D eigenvalue weighted by Gasteiger charge is -2.04. The second-order valence-corrected chi connectivity index (χ2v) is 6.24. The Labute approximate surface area is 158 Å². The van der Waals surface area contributed by atoms with Gasteiger partial charge < -0.3 is 0 Å². The highest BCUT2D eigenvalue weighted by atomic mass is 35.5. The molecule has 4 rings (SSSR count). The molecule has 1 aromatic carbocycles. The molecule has 0 aliphatic heterocycles. The van der Waals surface area contributed by atoms with E-state index in [0.717, 1.165) is 6.20 Å². The van der Waals surface area contributed by atoms with Crippen molar-refractivity contribution in [2.75, 3.05) is 0 Å². The third-order valence-corrected chi connectivity index (χ3v) is 4.25. The van der Waals surface area contributed by atoms with Crippen LogP contribution in [0.3, 0.4) is 0 Å². The summed E-state index contributed by atoms with van der Waals surface area (Å²) < 4.78 is 29.4. The first-order chi connectivity index (χ1) is 13.0. The van der Waals surface area contributed by atoms with E-state index in [9.17, 15) is 8.78 Å². The van der Waals surface area contributed by atoms with Crippen LogP contribution >= 0.6 is 11.6 Å². The van der Waals surface area contributed by atoms with E-state index in [-0.39, 0.29) is 23.3 Å². The second-order valence-electron chi connectivity index (χ2n) is 5.89. The summed E-state index contributed by atoms with van der Waals surface area (Å²) in [6.45, 7) is 2.05. The maximum absolute atomic E-state index is 14.1. The maximum atomic E-state index is 14.1. The van der Waals surface area contributed by atoms with Crippen LogP contribution in [0.15, 0.2) is 36.5 Å². The third-order valence-electron chi connectivity index (χ3n) is 4.07. The van der Waals surface area contributed by atoms with Gasteiger partial charge in [0.25, 0.3) is 0 Å². The van der Waals surface area contributed by atoms with Gasteiger partial charge in [0, 0.05) is 11.6 Å². The number of halogens is 3. The summed E-state index contributed by atoms with van der Waals surface area (Å²) >= 11 is 6.04. The number of benzene rings is 1. The van der Waals surface area contributed by atoms with Crippen molar-refractivity contribution in [2.24, 2.45) is 0 Å². The van der Waals surface area contributed by atoms with E-state index in [1.54, 1.807) is 18.2 Å². The number of fused-ring (bicyclic) bond motifs is 1. The zero-order chi connectivity index (χ0) is 19.0. The fourth-order valence-electron chi connectivity index (χ4n) is 2.79. The number of nitrogens with zero attached hydrogens (tertiary/aromatic N) is 5. The molecule has 0 atom stereocenters. The molecule has 0 spiro atoms. The van der Waals surface area contributed by atoms with E-state index >= 15 is 0 Å². The average molecular weight is 385 g/mol. The molecule has 1 radical (unpaired) electrons. The second kappa shape index (κ2) is 7.00. The normalized spacial score (nSPS) is 11.3. The Bertz CT molecular complexity index is 1140. The van der Waals surface area contributed by atoms with E-state index in [1.165, 1.54) is 16.8 Å². The molecule has 4 aromatic rings. The van der Waals surface area contributed by atoms with Crippen molar-refractivity contribution in [3.63, 3.8) is 0 Å². The highest BCUT2D eigenvalue weighted by Crippen LogP contribution is 2.27. The zero-order valence-electron chi connectivity index (χ0n) is 14.2. The SMILES string of the molecule is CCc1[c]c(Cl)nc(-c2nn(Cc3ccccc3F)c3ncc(F)cc23)n1. The molecule has 0 saturated carbocycles. The molecule has 0 bridgehead atoms. The number of pyridine rings is 1. The molecule has 0 amide bonds. The Hall–Kier alpha value is -2.93. The summed E-state index contributed by atoms with van der Waals surface area (Å²) in [6.07, 6.45) is 1.70. The lowest BCUT2D eigenvalue weighted by Crippen LogP contribution is -2.05. The van der Waals surface area contributed by atoms with Gasteiger partial charge in [0.2, 0.25) is 0 Å². The monoisotopic (exact) mass is 384 g/mol. The Balaban J connectivity index is 1.90. The number of aromatic nitrogens is 5. The van der Waals surface area contributed by atoms with E-state index in [4.69, 9.17) is 11.6 Å². The molecule has 3 aromatic heterocycles. The molecule has 0 N–H and O–H groups in total. The van der Waals surface area contributed by atoms with Gasteiger partial charge in [-0.1, -0.05) is 36.7 Å². The fraction of sp³-hybridized carbons (Fsp3) is 0.158. The zero-order valence-corrected chi connectivity index (χ0v) is 15.0. The molecule has 0 unspecified atom stereocenters. The molecular weight excluding hydrogens is 372 g/mol. The van der Waals surface area contributed by atoms with Gasteiger partial charge in [-0.05, 0) is 18.6 Å². The van der Waals surface area contributed by atoms with Gasteiger partial charge in [0.1, 0.15) is 22.5 Å². The summed E-state index contributed by atoms with van der Waals surface area (Å²) in [5.74, 6) is -0.620. The summed E-state index contributed by atoms with van der Waals surface area (Å²) in [6, 6.07) is 10.5. The fourth-order valence-corrected chi connectivity index (χ4v) is 2.98.